The van der Waals surface area contributed by atoms with E-state index in [0.717, 1.165) is 4.90 Å². The molecule has 1 atom stereocenters. The van der Waals surface area contributed by atoms with Gasteiger partial charge in [0.25, 0.3) is 11.5 Å². The van der Waals surface area contributed by atoms with E-state index in [9.17, 15) is 19.2 Å². The predicted molar refractivity (Wildman–Crippen MR) is 103 cm³/mol. The number of para-hydroxylation sites is 1. The molecule has 146 valence electrons. The van der Waals surface area contributed by atoms with E-state index in [0.29, 0.717) is 22.0 Å². The number of ether oxygens (including phenoxy) is 1. The maximum absolute atomic E-state index is 12.5. The third-order valence-corrected chi connectivity index (χ3v) is 4.75. The molecule has 1 aromatic heterocycles. The molecule has 1 aliphatic heterocycles. The monoisotopic (exact) mass is 391 g/mol. The minimum atomic E-state index is -0.859. The lowest BCUT2D eigenvalue weighted by Gasteiger charge is -2.26. The van der Waals surface area contributed by atoms with E-state index in [1.807, 2.05) is 0 Å². The van der Waals surface area contributed by atoms with Crippen molar-refractivity contribution in [2.75, 3.05) is 6.54 Å². The highest BCUT2D eigenvalue weighted by Crippen LogP contribution is 2.20. The molecule has 29 heavy (non-hydrogen) atoms. The Labute approximate surface area is 165 Å². The van der Waals surface area contributed by atoms with Crippen molar-refractivity contribution in [3.05, 3.63) is 75.8 Å². The number of amides is 2. The fourth-order valence-corrected chi connectivity index (χ4v) is 3.28. The average Bonchev–Trinajstić information content (AvgIpc) is 2.71. The first-order valence-corrected chi connectivity index (χ1v) is 9.05. The first-order valence-electron chi connectivity index (χ1n) is 9.05. The standard InChI is InChI=1S/C21H17N3O5/c1-12(19-22-16-9-5-4-8-15(16)20(27)23-19)29-18(26)11-24-17(25)10-13-6-2-3-7-14(13)21(24)28/h2-9,12H,10-11H2,1H3,(H,22,23,27)/t12-/m1/s1. The number of aromatic amines is 1. The number of aromatic nitrogens is 2. The van der Waals surface area contributed by atoms with Crippen molar-refractivity contribution in [1.29, 1.82) is 0 Å². The molecule has 0 radical (unpaired) electrons. The number of benzene rings is 2. The number of carbonyl (C=O) groups is 3. The molecule has 2 aromatic carbocycles. The lowest BCUT2D eigenvalue weighted by atomic mass is 9.98. The Bertz CT molecular complexity index is 1200. The van der Waals surface area contributed by atoms with Gasteiger partial charge in [-0.3, -0.25) is 24.1 Å². The van der Waals surface area contributed by atoms with E-state index in [4.69, 9.17) is 4.74 Å². The van der Waals surface area contributed by atoms with Crippen LogP contribution >= 0.6 is 0 Å². The molecule has 0 spiro atoms. The second kappa shape index (κ2) is 7.31. The Kier molecular flexibility index (Phi) is 4.67. The van der Waals surface area contributed by atoms with Gasteiger partial charge in [-0.15, -0.1) is 0 Å². The summed E-state index contributed by atoms with van der Waals surface area (Å²) in [4.78, 5) is 57.2. The van der Waals surface area contributed by atoms with Crippen LogP contribution in [0.15, 0.2) is 53.3 Å². The molecule has 0 saturated carbocycles. The van der Waals surface area contributed by atoms with Crippen molar-refractivity contribution in [2.24, 2.45) is 0 Å². The molecule has 3 aromatic rings. The van der Waals surface area contributed by atoms with Gasteiger partial charge >= 0.3 is 5.97 Å². The zero-order valence-electron chi connectivity index (χ0n) is 15.5. The number of fused-ring (bicyclic) bond motifs is 2. The Morgan fingerprint density at radius 2 is 1.86 bits per heavy atom. The molecule has 1 aliphatic rings. The van der Waals surface area contributed by atoms with Crippen LogP contribution in [0.5, 0.6) is 0 Å². The quantitative estimate of drug-likeness (QED) is 0.536. The molecule has 0 unspecified atom stereocenters. The number of nitrogens with zero attached hydrogens (tertiary/aromatic N) is 2. The van der Waals surface area contributed by atoms with Crippen LogP contribution in [0.25, 0.3) is 10.9 Å². The Morgan fingerprint density at radius 1 is 1.14 bits per heavy atom. The lowest BCUT2D eigenvalue weighted by Crippen LogP contribution is -2.45. The maximum Gasteiger partial charge on any atom is 0.326 e. The minimum Gasteiger partial charge on any atom is -0.453 e. The highest BCUT2D eigenvalue weighted by molar-refractivity contribution is 6.11. The van der Waals surface area contributed by atoms with Gasteiger partial charge < -0.3 is 9.72 Å². The van der Waals surface area contributed by atoms with E-state index in [1.54, 1.807) is 55.5 Å². The van der Waals surface area contributed by atoms with Crippen LogP contribution in [0.1, 0.15) is 34.8 Å². The van der Waals surface area contributed by atoms with Crippen LogP contribution in [0.4, 0.5) is 0 Å². The summed E-state index contributed by atoms with van der Waals surface area (Å²) in [5.41, 5.74) is 1.17. The number of nitrogens with one attached hydrogen (secondary N) is 1. The van der Waals surface area contributed by atoms with Crippen LogP contribution in [-0.4, -0.2) is 39.2 Å². The summed E-state index contributed by atoms with van der Waals surface area (Å²) in [7, 11) is 0. The van der Waals surface area contributed by atoms with E-state index >= 15 is 0 Å². The van der Waals surface area contributed by atoms with Crippen LogP contribution in [0.2, 0.25) is 0 Å². The number of rotatable bonds is 4. The number of hydrogen-bond donors (Lipinski definition) is 1. The van der Waals surface area contributed by atoms with E-state index in [2.05, 4.69) is 9.97 Å². The van der Waals surface area contributed by atoms with Crippen molar-refractivity contribution in [3.8, 4) is 0 Å². The molecule has 0 fully saturated rings. The summed E-state index contributed by atoms with van der Waals surface area (Å²) < 4.78 is 5.31. The first kappa shape index (κ1) is 18.5. The smallest absolute Gasteiger partial charge is 0.326 e. The van der Waals surface area contributed by atoms with E-state index in [-0.39, 0.29) is 17.8 Å². The van der Waals surface area contributed by atoms with E-state index in [1.165, 1.54) is 0 Å². The van der Waals surface area contributed by atoms with Gasteiger partial charge in [-0.05, 0) is 30.7 Å². The van der Waals surface area contributed by atoms with Gasteiger partial charge in [-0.25, -0.2) is 4.98 Å². The highest BCUT2D eigenvalue weighted by atomic mass is 16.5. The molecule has 0 bridgehead atoms. The number of imide groups is 1. The number of carbonyl (C=O) groups excluding carboxylic acids is 3. The van der Waals surface area contributed by atoms with Crippen molar-refractivity contribution in [3.63, 3.8) is 0 Å². The molecule has 8 heteroatoms. The van der Waals surface area contributed by atoms with Crippen molar-refractivity contribution < 1.29 is 19.1 Å². The lowest BCUT2D eigenvalue weighted by molar-refractivity contribution is -0.152. The van der Waals surface area contributed by atoms with Gasteiger partial charge in [0.15, 0.2) is 11.9 Å². The van der Waals surface area contributed by atoms with Gasteiger partial charge in [-0.2, -0.15) is 0 Å². The highest BCUT2D eigenvalue weighted by Gasteiger charge is 2.32. The van der Waals surface area contributed by atoms with Gasteiger partial charge in [0, 0.05) is 5.56 Å². The molecule has 1 N–H and O–H groups in total. The summed E-state index contributed by atoms with van der Waals surface area (Å²) in [6.45, 7) is 1.05. The predicted octanol–water partition coefficient (Wildman–Crippen LogP) is 1.75. The van der Waals surface area contributed by atoms with Crippen LogP contribution in [-0.2, 0) is 20.7 Å². The number of hydrogen-bond acceptors (Lipinski definition) is 6. The zero-order valence-corrected chi connectivity index (χ0v) is 15.5. The van der Waals surface area contributed by atoms with Crippen molar-refractivity contribution in [1.82, 2.24) is 14.9 Å². The van der Waals surface area contributed by atoms with Crippen molar-refractivity contribution >= 4 is 28.7 Å². The number of esters is 1. The SMILES string of the molecule is C[C@@H](OC(=O)CN1C(=O)Cc2ccccc2C1=O)c1nc2ccccc2c(=O)[nH]1. The molecule has 0 saturated heterocycles. The largest absolute Gasteiger partial charge is 0.453 e. The Morgan fingerprint density at radius 3 is 2.69 bits per heavy atom. The second-order valence-corrected chi connectivity index (χ2v) is 6.72. The molecule has 2 amide bonds. The Hall–Kier alpha value is -3.81. The van der Waals surface area contributed by atoms with Gasteiger partial charge in [0.2, 0.25) is 5.91 Å². The van der Waals surface area contributed by atoms with Gasteiger partial charge in [-0.1, -0.05) is 30.3 Å². The topological polar surface area (TPSA) is 109 Å². The fourth-order valence-electron chi connectivity index (χ4n) is 3.28. The number of H-pyrrole nitrogens is 1. The van der Waals surface area contributed by atoms with Crippen LogP contribution < -0.4 is 5.56 Å². The van der Waals surface area contributed by atoms with Crippen LogP contribution in [0.3, 0.4) is 0 Å². The normalized spacial score (nSPS) is 14.6. The van der Waals surface area contributed by atoms with Gasteiger partial charge in [0.05, 0.1) is 17.3 Å². The third-order valence-electron chi connectivity index (χ3n) is 4.75. The summed E-state index contributed by atoms with van der Waals surface area (Å²) >= 11 is 0. The van der Waals surface area contributed by atoms with E-state index < -0.39 is 30.4 Å². The minimum absolute atomic E-state index is 0.0459. The summed E-state index contributed by atoms with van der Waals surface area (Å²) in [5.74, 6) is -1.58. The third kappa shape index (κ3) is 3.52. The maximum atomic E-state index is 12.5. The molecular weight excluding hydrogens is 374 g/mol. The van der Waals surface area contributed by atoms with Crippen molar-refractivity contribution in [2.45, 2.75) is 19.4 Å². The molecule has 4 rings (SSSR count). The zero-order chi connectivity index (χ0) is 20.5. The summed E-state index contributed by atoms with van der Waals surface area (Å²) in [6, 6.07) is 13.6. The fraction of sp³-hybridized carbons (Fsp3) is 0.190. The summed E-state index contributed by atoms with van der Waals surface area (Å²) in [5, 5.41) is 0.429. The molecule has 8 nitrogen and oxygen atoms in total. The van der Waals surface area contributed by atoms with Crippen LogP contribution in [0, 0.1) is 0 Å². The average molecular weight is 391 g/mol. The second-order valence-electron chi connectivity index (χ2n) is 6.72. The Balaban J connectivity index is 1.49. The molecular formula is C21H17N3O5. The first-order chi connectivity index (χ1) is 13.9. The molecule has 0 aliphatic carbocycles. The van der Waals surface area contributed by atoms with Gasteiger partial charge in [0.1, 0.15) is 6.54 Å². The molecule has 2 heterocycles. The summed E-state index contributed by atoms with van der Waals surface area (Å²) in [6.07, 6.45) is -0.813.